The van der Waals surface area contributed by atoms with Gasteiger partial charge in [-0.25, -0.2) is 0 Å². The minimum atomic E-state index is -4.01. The smallest absolute Gasteiger partial charge is 0.389 e. The molecule has 0 bridgehead atoms. The molecule has 0 amide bonds. The molecular weight excluding hydrogens is 257 g/mol. The molecular formula is C14H24F3O2-. The van der Waals surface area contributed by atoms with Crippen LogP contribution in [0.1, 0.15) is 77.0 Å². The second-order valence-corrected chi connectivity index (χ2v) is 5.02. The molecule has 0 atom stereocenters. The Morgan fingerprint density at radius 3 is 1.47 bits per heavy atom. The van der Waals surface area contributed by atoms with Gasteiger partial charge in [-0.2, -0.15) is 13.2 Å². The van der Waals surface area contributed by atoms with Crippen LogP contribution in [0, 0.1) is 0 Å². The number of hydrogen-bond acceptors (Lipinski definition) is 2. The summed E-state index contributed by atoms with van der Waals surface area (Å²) in [7, 11) is 0. The summed E-state index contributed by atoms with van der Waals surface area (Å²) < 4.78 is 35.5. The van der Waals surface area contributed by atoms with Crippen molar-refractivity contribution in [3.05, 3.63) is 0 Å². The first-order valence-electron chi connectivity index (χ1n) is 7.18. The van der Waals surface area contributed by atoms with Crippen LogP contribution in [0.5, 0.6) is 0 Å². The third kappa shape index (κ3) is 17.3. The third-order valence-corrected chi connectivity index (χ3v) is 3.09. The van der Waals surface area contributed by atoms with E-state index < -0.39 is 18.6 Å². The Labute approximate surface area is 113 Å². The topological polar surface area (TPSA) is 40.1 Å². The summed E-state index contributed by atoms with van der Waals surface area (Å²) in [4.78, 5) is 10.1. The Bertz CT molecular complexity index is 227. The molecule has 0 heterocycles. The minimum Gasteiger partial charge on any atom is -0.550 e. The summed E-state index contributed by atoms with van der Waals surface area (Å²) in [5, 5.41) is 10.1. The Morgan fingerprint density at radius 1 is 0.737 bits per heavy atom. The normalized spacial score (nSPS) is 11.7. The van der Waals surface area contributed by atoms with E-state index in [1.165, 1.54) is 0 Å². The first-order chi connectivity index (χ1) is 8.92. The quantitative estimate of drug-likeness (QED) is 0.508. The number of alkyl halides is 3. The van der Waals surface area contributed by atoms with Crippen LogP contribution in [0.25, 0.3) is 0 Å². The van der Waals surface area contributed by atoms with E-state index in [1.54, 1.807) is 0 Å². The van der Waals surface area contributed by atoms with Gasteiger partial charge in [0.25, 0.3) is 0 Å². The van der Waals surface area contributed by atoms with Gasteiger partial charge in [-0.1, -0.05) is 51.4 Å². The molecule has 0 saturated carbocycles. The first kappa shape index (κ1) is 18.3. The van der Waals surface area contributed by atoms with Gasteiger partial charge >= 0.3 is 6.18 Å². The third-order valence-electron chi connectivity index (χ3n) is 3.09. The Kier molecular flexibility index (Phi) is 10.7. The van der Waals surface area contributed by atoms with E-state index in [-0.39, 0.29) is 12.8 Å². The SMILES string of the molecule is O=C([O-])CCCCCCCCCCCCC(F)(F)F. The molecule has 0 aromatic carbocycles. The number of carbonyl (C=O) groups is 1. The van der Waals surface area contributed by atoms with Gasteiger partial charge in [0.2, 0.25) is 0 Å². The lowest BCUT2D eigenvalue weighted by molar-refractivity contribution is -0.305. The molecule has 0 aromatic rings. The van der Waals surface area contributed by atoms with Crippen LogP contribution in [0.4, 0.5) is 13.2 Å². The number of unbranched alkanes of at least 4 members (excludes halogenated alkanes) is 9. The monoisotopic (exact) mass is 281 g/mol. The van der Waals surface area contributed by atoms with Gasteiger partial charge in [-0.3, -0.25) is 0 Å². The van der Waals surface area contributed by atoms with Crippen molar-refractivity contribution in [2.45, 2.75) is 83.2 Å². The average molecular weight is 281 g/mol. The van der Waals surface area contributed by atoms with E-state index in [0.29, 0.717) is 12.8 Å². The van der Waals surface area contributed by atoms with Crippen LogP contribution in [-0.4, -0.2) is 12.1 Å². The zero-order valence-electron chi connectivity index (χ0n) is 11.4. The van der Waals surface area contributed by atoms with Gasteiger partial charge in [0.1, 0.15) is 0 Å². The molecule has 0 N–H and O–H groups in total. The molecule has 2 nitrogen and oxygen atoms in total. The minimum absolute atomic E-state index is 0.138. The Hall–Kier alpha value is -0.740. The van der Waals surface area contributed by atoms with Crippen LogP contribution in [0.2, 0.25) is 0 Å². The number of halogens is 3. The molecule has 19 heavy (non-hydrogen) atoms. The predicted molar refractivity (Wildman–Crippen MR) is 66.5 cm³/mol. The lowest BCUT2D eigenvalue weighted by Crippen LogP contribution is -2.21. The summed E-state index contributed by atoms with van der Waals surface area (Å²) in [5.41, 5.74) is 0. The van der Waals surface area contributed by atoms with Crippen molar-refractivity contribution in [3.8, 4) is 0 Å². The van der Waals surface area contributed by atoms with Crippen LogP contribution >= 0.6 is 0 Å². The Balaban J connectivity index is 3.05. The standard InChI is InChI=1S/C14H25F3O2/c15-14(16,17)12-10-8-6-4-2-1-3-5-7-9-11-13(18)19/h1-12H2,(H,18,19)/p-1. The summed E-state index contributed by atoms with van der Waals surface area (Å²) >= 11 is 0. The summed E-state index contributed by atoms with van der Waals surface area (Å²) in [6, 6.07) is 0. The molecule has 0 aliphatic carbocycles. The molecule has 0 radical (unpaired) electrons. The van der Waals surface area contributed by atoms with Crippen LogP contribution in [0.15, 0.2) is 0 Å². The molecule has 114 valence electrons. The van der Waals surface area contributed by atoms with Crippen molar-refractivity contribution in [1.29, 1.82) is 0 Å². The van der Waals surface area contributed by atoms with E-state index in [2.05, 4.69) is 0 Å². The molecule has 0 aromatic heterocycles. The maximum atomic E-state index is 11.8. The number of carboxylic acid groups (broad SMARTS) is 1. The molecule has 0 rings (SSSR count). The fourth-order valence-corrected chi connectivity index (χ4v) is 2.01. The molecule has 0 aliphatic heterocycles. The van der Waals surface area contributed by atoms with Crippen molar-refractivity contribution in [1.82, 2.24) is 0 Å². The van der Waals surface area contributed by atoms with Crippen molar-refractivity contribution >= 4 is 5.97 Å². The van der Waals surface area contributed by atoms with Gasteiger partial charge in [0, 0.05) is 12.4 Å². The fourth-order valence-electron chi connectivity index (χ4n) is 2.01. The van der Waals surface area contributed by atoms with Crippen LogP contribution in [0.3, 0.4) is 0 Å². The van der Waals surface area contributed by atoms with Gasteiger partial charge in [-0.05, 0) is 19.3 Å². The molecule has 5 heteroatoms. The van der Waals surface area contributed by atoms with Gasteiger partial charge in [0.05, 0.1) is 0 Å². The van der Waals surface area contributed by atoms with E-state index in [9.17, 15) is 23.1 Å². The number of aliphatic carboxylic acids is 1. The number of carbonyl (C=O) groups excluding carboxylic acids is 1. The van der Waals surface area contributed by atoms with Crippen molar-refractivity contribution in [2.24, 2.45) is 0 Å². The lowest BCUT2D eigenvalue weighted by atomic mass is 10.1. The van der Waals surface area contributed by atoms with E-state index in [1.807, 2.05) is 0 Å². The summed E-state index contributed by atoms with van der Waals surface area (Å²) in [6.07, 6.45) is 4.10. The zero-order valence-corrected chi connectivity index (χ0v) is 11.4. The molecule has 0 fully saturated rings. The van der Waals surface area contributed by atoms with Gasteiger partial charge < -0.3 is 9.90 Å². The highest BCUT2D eigenvalue weighted by atomic mass is 19.4. The summed E-state index contributed by atoms with van der Waals surface area (Å²) in [6.45, 7) is 0. The predicted octanol–water partition coefficient (Wildman–Crippen LogP) is 3.98. The maximum absolute atomic E-state index is 11.8. The number of rotatable bonds is 12. The molecule has 0 saturated heterocycles. The molecule has 0 aliphatic rings. The fraction of sp³-hybridized carbons (Fsp3) is 0.929. The second-order valence-electron chi connectivity index (χ2n) is 5.02. The number of hydrogen-bond donors (Lipinski definition) is 0. The second kappa shape index (κ2) is 11.1. The van der Waals surface area contributed by atoms with Gasteiger partial charge in [0.15, 0.2) is 0 Å². The maximum Gasteiger partial charge on any atom is 0.389 e. The van der Waals surface area contributed by atoms with Crippen LogP contribution < -0.4 is 5.11 Å². The summed E-state index contributed by atoms with van der Waals surface area (Å²) in [5.74, 6) is -0.987. The largest absolute Gasteiger partial charge is 0.550 e. The highest BCUT2D eigenvalue weighted by Gasteiger charge is 2.25. The lowest BCUT2D eigenvalue weighted by Gasteiger charge is -2.05. The number of carboxylic acids is 1. The highest BCUT2D eigenvalue weighted by molar-refractivity contribution is 5.63. The van der Waals surface area contributed by atoms with Gasteiger partial charge in [-0.15, -0.1) is 0 Å². The zero-order chi connectivity index (χ0) is 14.6. The van der Waals surface area contributed by atoms with E-state index in [4.69, 9.17) is 0 Å². The first-order valence-corrected chi connectivity index (χ1v) is 7.18. The Morgan fingerprint density at radius 2 is 1.11 bits per heavy atom. The van der Waals surface area contributed by atoms with E-state index in [0.717, 1.165) is 44.9 Å². The van der Waals surface area contributed by atoms with Crippen molar-refractivity contribution in [2.75, 3.05) is 0 Å². The van der Waals surface area contributed by atoms with Crippen LogP contribution in [-0.2, 0) is 4.79 Å². The van der Waals surface area contributed by atoms with E-state index >= 15 is 0 Å². The van der Waals surface area contributed by atoms with Crippen molar-refractivity contribution < 1.29 is 23.1 Å². The molecule has 0 spiro atoms. The highest BCUT2D eigenvalue weighted by Crippen LogP contribution is 2.23. The van der Waals surface area contributed by atoms with Crippen molar-refractivity contribution in [3.63, 3.8) is 0 Å². The average Bonchev–Trinajstić information content (AvgIpc) is 2.28. The molecule has 0 unspecified atom stereocenters.